The number of fused-ring (bicyclic) bond motifs is 1. The highest BCUT2D eigenvalue weighted by molar-refractivity contribution is 7.22. The fourth-order valence-corrected chi connectivity index (χ4v) is 5.38. The van der Waals surface area contributed by atoms with Crippen LogP contribution in [0.1, 0.15) is 41.5 Å². The van der Waals surface area contributed by atoms with Gasteiger partial charge in [0.2, 0.25) is 0 Å². The van der Waals surface area contributed by atoms with Crippen LogP contribution in [-0.2, 0) is 14.0 Å². The highest BCUT2D eigenvalue weighted by atomic mass is 32.1. The quantitative estimate of drug-likeness (QED) is 0.360. The lowest BCUT2D eigenvalue weighted by Crippen LogP contribution is -2.56. The summed E-state index contributed by atoms with van der Waals surface area (Å²) in [6, 6.07) is 5.64. The van der Waals surface area contributed by atoms with Crippen molar-refractivity contribution in [1.29, 1.82) is 0 Å². The lowest BCUT2D eigenvalue weighted by atomic mass is 10.1. The predicted molar refractivity (Wildman–Crippen MR) is 140 cm³/mol. The Hall–Kier alpha value is -2.37. The first-order valence-corrected chi connectivity index (χ1v) is 15.4. The van der Waals surface area contributed by atoms with Crippen LogP contribution in [0.4, 0.5) is 9.93 Å². The highest BCUT2D eigenvalue weighted by Crippen LogP contribution is 2.38. The Morgan fingerprint density at radius 1 is 1.23 bits per heavy atom. The van der Waals surface area contributed by atoms with E-state index in [1.165, 1.54) is 16.2 Å². The number of benzene rings is 1. The second-order valence-electron chi connectivity index (χ2n) is 11.4. The number of carboxylic acid groups (broad SMARTS) is 1. The minimum absolute atomic E-state index is 0.0456. The third-order valence-corrected chi connectivity index (χ3v) is 11.6. The number of amides is 1. The smallest absolute Gasteiger partial charge is 0.407 e. The van der Waals surface area contributed by atoms with Crippen LogP contribution in [0.2, 0.25) is 18.1 Å². The molecule has 1 aliphatic rings. The summed E-state index contributed by atoms with van der Waals surface area (Å²) in [5.41, 5.74) is 0.194. The molecule has 1 fully saturated rings. The van der Waals surface area contributed by atoms with Gasteiger partial charge in [0.15, 0.2) is 19.6 Å². The largest absolute Gasteiger partial charge is 0.490 e. The van der Waals surface area contributed by atoms with Gasteiger partial charge in [-0.1, -0.05) is 32.1 Å². The summed E-state index contributed by atoms with van der Waals surface area (Å²) in [6.07, 6.45) is -1.74. The van der Waals surface area contributed by atoms with Crippen LogP contribution in [0.5, 0.6) is 5.75 Å². The van der Waals surface area contributed by atoms with Crippen LogP contribution in [0.15, 0.2) is 18.2 Å². The molecular weight excluding hydrogens is 486 g/mol. The molecule has 2 aromatic rings. The number of likely N-dealkylation sites (tertiary alicyclic amines) is 1. The zero-order valence-corrected chi connectivity index (χ0v) is 23.6. The van der Waals surface area contributed by atoms with Crippen LogP contribution in [0, 0.1) is 0 Å². The monoisotopic (exact) mass is 523 g/mol. The number of thiazole rings is 1. The van der Waals surface area contributed by atoms with E-state index in [4.69, 9.17) is 19.0 Å². The topological polar surface area (TPSA) is 110 Å². The Morgan fingerprint density at radius 2 is 1.89 bits per heavy atom. The van der Waals surface area contributed by atoms with Gasteiger partial charge in [-0.05, 0) is 57.1 Å². The Labute approximate surface area is 211 Å². The van der Waals surface area contributed by atoms with Crippen molar-refractivity contribution in [2.24, 2.45) is 0 Å². The van der Waals surface area contributed by atoms with Crippen molar-refractivity contribution in [1.82, 2.24) is 9.88 Å². The fourth-order valence-electron chi connectivity index (χ4n) is 3.18. The third kappa shape index (κ3) is 7.08. The molecule has 3 rings (SSSR count). The van der Waals surface area contributed by atoms with Crippen molar-refractivity contribution in [3.05, 3.63) is 18.2 Å². The molecule has 9 nitrogen and oxygen atoms in total. The van der Waals surface area contributed by atoms with Crippen molar-refractivity contribution in [2.75, 3.05) is 25.0 Å². The number of hydrogen-bond acceptors (Lipinski definition) is 8. The van der Waals surface area contributed by atoms with Crippen LogP contribution >= 0.6 is 11.3 Å². The van der Waals surface area contributed by atoms with Gasteiger partial charge < -0.3 is 29.2 Å². The van der Waals surface area contributed by atoms with Crippen molar-refractivity contribution >= 4 is 47.1 Å². The van der Waals surface area contributed by atoms with E-state index in [2.05, 4.69) is 44.2 Å². The molecule has 0 aliphatic carbocycles. The first kappa shape index (κ1) is 27.2. The van der Waals surface area contributed by atoms with E-state index in [1.807, 2.05) is 39.0 Å². The van der Waals surface area contributed by atoms with Gasteiger partial charge >= 0.3 is 12.1 Å². The van der Waals surface area contributed by atoms with Crippen LogP contribution in [0.3, 0.4) is 0 Å². The Bertz CT molecular complexity index is 1070. The van der Waals surface area contributed by atoms with Gasteiger partial charge in [0.1, 0.15) is 18.0 Å². The minimum Gasteiger partial charge on any atom is -0.490 e. The van der Waals surface area contributed by atoms with Crippen molar-refractivity contribution in [3.8, 4) is 5.75 Å². The molecule has 1 saturated heterocycles. The first-order chi connectivity index (χ1) is 16.0. The normalized spacial score (nSPS) is 16.1. The second-order valence-corrected chi connectivity index (χ2v) is 17.2. The summed E-state index contributed by atoms with van der Waals surface area (Å²) in [7, 11) is -2.25. The molecule has 1 amide bonds. The van der Waals surface area contributed by atoms with Crippen LogP contribution in [0.25, 0.3) is 10.2 Å². The van der Waals surface area contributed by atoms with Crippen LogP contribution in [-0.4, -0.2) is 72.8 Å². The maximum Gasteiger partial charge on any atom is 0.407 e. The number of rotatable bonds is 8. The van der Waals surface area contributed by atoms with E-state index >= 15 is 0 Å². The van der Waals surface area contributed by atoms with E-state index < -0.39 is 32.1 Å². The number of aromatic nitrogens is 1. The molecule has 1 aliphatic heterocycles. The first-order valence-electron chi connectivity index (χ1n) is 11.7. The van der Waals surface area contributed by atoms with Crippen molar-refractivity contribution in [3.63, 3.8) is 0 Å². The lowest BCUT2D eigenvalue weighted by molar-refractivity contribution is -0.165. The average molecular weight is 524 g/mol. The summed E-state index contributed by atoms with van der Waals surface area (Å²) in [5, 5.41) is 12.9. The predicted octanol–water partition coefficient (Wildman–Crippen LogP) is 5.18. The van der Waals surface area contributed by atoms with Gasteiger partial charge in [0.05, 0.1) is 16.3 Å². The molecule has 1 aromatic carbocycles. The molecule has 0 unspecified atom stereocenters. The van der Waals surface area contributed by atoms with Crippen molar-refractivity contribution in [2.45, 2.75) is 77.4 Å². The summed E-state index contributed by atoms with van der Waals surface area (Å²) in [5.74, 6) is 0.185. The molecule has 0 saturated carbocycles. The molecular formula is C24H37N3O6SSi. The average Bonchev–Trinajstić information content (AvgIpc) is 3.06. The Balaban J connectivity index is 1.68. The van der Waals surface area contributed by atoms with E-state index in [9.17, 15) is 9.59 Å². The molecule has 1 aromatic heterocycles. The van der Waals surface area contributed by atoms with Crippen LogP contribution < -0.4 is 10.1 Å². The number of hydrogen-bond donors (Lipinski definition) is 2. The van der Waals surface area contributed by atoms with E-state index in [0.717, 1.165) is 15.3 Å². The number of ether oxygens (including phenoxy) is 2. The number of carbonyl (C=O) groups excluding carboxylic acids is 1. The molecule has 194 valence electrons. The van der Waals surface area contributed by atoms with E-state index in [1.54, 1.807) is 0 Å². The molecule has 2 N–H and O–H groups in total. The Kier molecular flexibility index (Phi) is 7.73. The molecule has 0 bridgehead atoms. The van der Waals surface area contributed by atoms with Crippen molar-refractivity contribution < 1.29 is 28.6 Å². The standard InChI is InChI=1S/C24H37N3O6SSi/c1-23(2,3)32-20(28)18(33-35(7,8)24(4,5)6)14-31-16-9-10-17-19(11-16)34-21(26-17)25-15-12-27(13-15)22(29)30/h9-11,15,18H,12-14H2,1-8H3,(H,25,26)(H,29,30)/t18-/m1/s1. The van der Waals surface area contributed by atoms with Gasteiger partial charge in [-0.25, -0.2) is 14.6 Å². The van der Waals surface area contributed by atoms with E-state index in [0.29, 0.717) is 18.8 Å². The molecule has 11 heteroatoms. The number of esters is 1. The van der Waals surface area contributed by atoms with Gasteiger partial charge in [0, 0.05) is 13.1 Å². The third-order valence-electron chi connectivity index (χ3n) is 6.15. The zero-order chi connectivity index (χ0) is 26.2. The number of anilines is 1. The maximum absolute atomic E-state index is 12.9. The molecule has 2 heterocycles. The zero-order valence-electron chi connectivity index (χ0n) is 21.8. The highest BCUT2D eigenvalue weighted by Gasteiger charge is 2.42. The summed E-state index contributed by atoms with van der Waals surface area (Å²) in [6.45, 7) is 17.0. The Morgan fingerprint density at radius 3 is 2.46 bits per heavy atom. The maximum atomic E-state index is 12.9. The number of nitrogens with zero attached hydrogens (tertiary/aromatic N) is 2. The molecule has 1 atom stereocenters. The van der Waals surface area contributed by atoms with Gasteiger partial charge in [-0.15, -0.1) is 0 Å². The number of carbonyl (C=O) groups is 2. The number of nitrogens with one attached hydrogen (secondary N) is 1. The SMILES string of the molecule is CC(C)(C)OC(=O)[C@@H](COc1ccc2nc(NC3CN(C(=O)O)C3)sc2c1)O[Si](C)(C)C(C)(C)C. The molecule has 0 spiro atoms. The van der Waals surface area contributed by atoms with E-state index in [-0.39, 0.29) is 17.7 Å². The van der Waals surface area contributed by atoms with Gasteiger partial charge in [-0.2, -0.15) is 0 Å². The lowest BCUT2D eigenvalue weighted by Gasteiger charge is -2.38. The molecule has 35 heavy (non-hydrogen) atoms. The fraction of sp³-hybridized carbons (Fsp3) is 0.625. The minimum atomic E-state index is -2.25. The summed E-state index contributed by atoms with van der Waals surface area (Å²) in [4.78, 5) is 29.8. The van der Waals surface area contributed by atoms with Gasteiger partial charge in [-0.3, -0.25) is 0 Å². The summed E-state index contributed by atoms with van der Waals surface area (Å²) < 4.78 is 18.9. The molecule has 0 radical (unpaired) electrons. The van der Waals surface area contributed by atoms with Gasteiger partial charge in [0.25, 0.3) is 0 Å². The second kappa shape index (κ2) is 9.94. The summed E-state index contributed by atoms with van der Waals surface area (Å²) >= 11 is 1.48.